The van der Waals surface area contributed by atoms with Crippen LogP contribution in [0.15, 0.2) is 188 Å². The van der Waals surface area contributed by atoms with E-state index in [1.54, 1.807) is 0 Å². The summed E-state index contributed by atoms with van der Waals surface area (Å²) in [6, 6.07) is 67.3. The highest BCUT2D eigenvalue weighted by molar-refractivity contribution is 6.12. The molecule has 3 heteroatoms. The number of benzene rings is 7. The highest BCUT2D eigenvalue weighted by Crippen LogP contribution is 2.39. The summed E-state index contributed by atoms with van der Waals surface area (Å²) in [6.45, 7) is 0. The maximum atomic E-state index is 5.31. The fourth-order valence-corrected chi connectivity index (χ4v) is 7.59. The van der Waals surface area contributed by atoms with Crippen LogP contribution in [0.4, 0.5) is 0 Å². The Morgan fingerprint density at radius 1 is 0.300 bits per heavy atom. The Morgan fingerprint density at radius 3 is 1.58 bits per heavy atom. The molecular weight excluding hydrogens is 607 g/mol. The minimum absolute atomic E-state index is 0.901. The summed E-state index contributed by atoms with van der Waals surface area (Å²) in [5.74, 6) is 0.901. The van der Waals surface area contributed by atoms with Crippen molar-refractivity contribution in [1.29, 1.82) is 0 Å². The van der Waals surface area contributed by atoms with Gasteiger partial charge in [-0.2, -0.15) is 0 Å². The molecule has 7 aromatic carbocycles. The third kappa shape index (κ3) is 4.56. The van der Waals surface area contributed by atoms with Gasteiger partial charge in [-0.15, -0.1) is 0 Å². The zero-order valence-corrected chi connectivity index (χ0v) is 27.2. The summed E-state index contributed by atoms with van der Waals surface area (Å²) in [5, 5.41) is 4.92. The smallest absolute Gasteiger partial charge is 0.138 e. The van der Waals surface area contributed by atoms with Crippen LogP contribution in [0.1, 0.15) is 0 Å². The minimum atomic E-state index is 0.901. The molecule has 0 saturated carbocycles. The van der Waals surface area contributed by atoms with Crippen molar-refractivity contribution >= 4 is 43.6 Å². The fraction of sp³-hybridized carbons (Fsp3) is 0. The van der Waals surface area contributed by atoms with Crippen molar-refractivity contribution in [3.63, 3.8) is 0 Å². The zero-order valence-electron chi connectivity index (χ0n) is 27.2. The van der Waals surface area contributed by atoms with Crippen LogP contribution in [0.5, 0.6) is 0 Å². The van der Waals surface area contributed by atoms with E-state index in [1.807, 2.05) is 0 Å². The van der Waals surface area contributed by atoms with E-state index in [2.05, 4.69) is 197 Å². The molecule has 0 amide bonds. The monoisotopic (exact) mass is 637 g/mol. The number of hydrogen-bond donors (Lipinski definition) is 0. The summed E-state index contributed by atoms with van der Waals surface area (Å²) in [5.41, 5.74) is 12.6. The molecule has 234 valence electrons. The van der Waals surface area contributed by atoms with Gasteiger partial charge < -0.3 is 4.57 Å². The van der Waals surface area contributed by atoms with Gasteiger partial charge in [-0.1, -0.05) is 133 Å². The van der Waals surface area contributed by atoms with Gasteiger partial charge in [0.25, 0.3) is 0 Å². The topological polar surface area (TPSA) is 22.8 Å². The summed E-state index contributed by atoms with van der Waals surface area (Å²) in [7, 11) is 0. The van der Waals surface area contributed by atoms with Crippen LogP contribution in [-0.4, -0.2) is 14.1 Å². The Morgan fingerprint density at radius 2 is 0.840 bits per heavy atom. The molecule has 0 saturated heterocycles. The van der Waals surface area contributed by atoms with Crippen LogP contribution in [-0.2, 0) is 0 Å². The molecule has 0 N–H and O–H groups in total. The maximum absolute atomic E-state index is 5.31. The Labute approximate surface area is 290 Å². The first-order chi connectivity index (χ1) is 24.8. The summed E-state index contributed by atoms with van der Waals surface area (Å²) < 4.78 is 4.71. The largest absolute Gasteiger partial charge is 0.309 e. The highest BCUT2D eigenvalue weighted by atomic mass is 15.1. The second-order valence-corrected chi connectivity index (χ2v) is 12.8. The van der Waals surface area contributed by atoms with Crippen LogP contribution in [0.3, 0.4) is 0 Å². The molecule has 0 spiro atoms. The summed E-state index contributed by atoms with van der Waals surface area (Å²) in [4.78, 5) is 5.31. The number of nitrogens with zero attached hydrogens (tertiary/aromatic N) is 3. The van der Waals surface area contributed by atoms with Gasteiger partial charge in [-0.25, -0.2) is 4.98 Å². The van der Waals surface area contributed by atoms with E-state index in [1.165, 1.54) is 49.3 Å². The molecule has 0 aliphatic heterocycles. The number of para-hydroxylation sites is 3. The second kappa shape index (κ2) is 11.5. The predicted octanol–water partition coefficient (Wildman–Crippen LogP) is 12.3. The van der Waals surface area contributed by atoms with Gasteiger partial charge in [-0.05, 0) is 76.9 Å². The minimum Gasteiger partial charge on any atom is -0.309 e. The van der Waals surface area contributed by atoms with Crippen LogP contribution in [0.25, 0.3) is 88.6 Å². The number of rotatable bonds is 5. The van der Waals surface area contributed by atoms with Crippen LogP contribution in [0.2, 0.25) is 0 Å². The number of aromatic nitrogens is 3. The van der Waals surface area contributed by atoms with Gasteiger partial charge in [0.1, 0.15) is 5.82 Å². The zero-order chi connectivity index (χ0) is 33.0. The Balaban J connectivity index is 1.18. The van der Waals surface area contributed by atoms with Gasteiger partial charge in [0.05, 0.1) is 27.8 Å². The molecule has 0 fully saturated rings. The maximum Gasteiger partial charge on any atom is 0.138 e. The molecule has 3 aromatic heterocycles. The Bertz CT molecular complexity index is 2790. The molecule has 3 nitrogen and oxygen atoms in total. The molecule has 0 atom stereocenters. The molecule has 0 aliphatic carbocycles. The van der Waals surface area contributed by atoms with E-state index in [0.29, 0.717) is 0 Å². The molecule has 10 rings (SSSR count). The van der Waals surface area contributed by atoms with Gasteiger partial charge in [0.2, 0.25) is 0 Å². The predicted molar refractivity (Wildman–Crippen MR) is 209 cm³/mol. The van der Waals surface area contributed by atoms with Crippen LogP contribution in [0, 0.1) is 0 Å². The van der Waals surface area contributed by atoms with Crippen molar-refractivity contribution < 1.29 is 0 Å². The third-order valence-electron chi connectivity index (χ3n) is 9.91. The number of fused-ring (bicyclic) bond motifs is 6. The molecule has 0 aliphatic rings. The van der Waals surface area contributed by atoms with E-state index in [4.69, 9.17) is 4.98 Å². The quantitative estimate of drug-likeness (QED) is 0.184. The van der Waals surface area contributed by atoms with E-state index in [0.717, 1.165) is 39.4 Å². The molecule has 10 aromatic rings. The van der Waals surface area contributed by atoms with Crippen molar-refractivity contribution in [2.24, 2.45) is 0 Å². The lowest BCUT2D eigenvalue weighted by atomic mass is 10.0. The van der Waals surface area contributed by atoms with Crippen molar-refractivity contribution in [1.82, 2.24) is 14.1 Å². The highest BCUT2D eigenvalue weighted by Gasteiger charge is 2.18. The summed E-state index contributed by atoms with van der Waals surface area (Å²) in [6.07, 6.45) is 0. The van der Waals surface area contributed by atoms with Crippen LogP contribution < -0.4 is 0 Å². The Hall–Kier alpha value is -6.71. The SMILES string of the molecule is c1ccc(-c2cc(-c3ccccc3)nc(-n3c4ccccc4c4cc(-c5ccc6c7ccccc7n(-c7ccccc7)c6c5)ccc43)c2)cc1. The van der Waals surface area contributed by atoms with E-state index in [-0.39, 0.29) is 0 Å². The van der Waals surface area contributed by atoms with Crippen LogP contribution >= 0.6 is 0 Å². The first kappa shape index (κ1) is 28.3. The first-order valence-corrected chi connectivity index (χ1v) is 17.1. The molecule has 50 heavy (non-hydrogen) atoms. The van der Waals surface area contributed by atoms with Crippen molar-refractivity contribution in [3.05, 3.63) is 188 Å². The van der Waals surface area contributed by atoms with Gasteiger partial charge >= 0.3 is 0 Å². The van der Waals surface area contributed by atoms with E-state index < -0.39 is 0 Å². The standard InChI is InChI=1S/C47H31N3/c1-4-14-32(15-5-1)36-29-42(33-16-6-2-7-17-33)48-47(31-36)50-44-23-13-11-21-39(44)41-28-34(25-27-45(41)50)35-24-26-40-38-20-10-12-22-43(38)49(46(40)30-35)37-18-8-3-9-19-37/h1-31H. The lowest BCUT2D eigenvalue weighted by molar-refractivity contribution is 1.08. The lowest BCUT2D eigenvalue weighted by Gasteiger charge is -2.13. The molecule has 0 radical (unpaired) electrons. The van der Waals surface area contributed by atoms with Gasteiger partial charge in [0, 0.05) is 32.8 Å². The molecular formula is C47H31N3. The van der Waals surface area contributed by atoms with Gasteiger partial charge in [-0.3, -0.25) is 4.57 Å². The lowest BCUT2D eigenvalue weighted by Crippen LogP contribution is -2.00. The van der Waals surface area contributed by atoms with Crippen molar-refractivity contribution in [2.45, 2.75) is 0 Å². The normalized spacial score (nSPS) is 11.6. The van der Waals surface area contributed by atoms with Gasteiger partial charge in [0.15, 0.2) is 0 Å². The average molecular weight is 638 g/mol. The second-order valence-electron chi connectivity index (χ2n) is 12.8. The molecule has 0 bridgehead atoms. The van der Waals surface area contributed by atoms with E-state index >= 15 is 0 Å². The third-order valence-corrected chi connectivity index (χ3v) is 9.91. The summed E-state index contributed by atoms with van der Waals surface area (Å²) >= 11 is 0. The average Bonchev–Trinajstić information content (AvgIpc) is 3.71. The number of pyridine rings is 1. The fourth-order valence-electron chi connectivity index (χ4n) is 7.59. The van der Waals surface area contributed by atoms with Crippen molar-refractivity contribution in [3.8, 4) is 45.0 Å². The van der Waals surface area contributed by atoms with E-state index in [9.17, 15) is 0 Å². The Kier molecular flexibility index (Phi) is 6.49. The van der Waals surface area contributed by atoms with Crippen molar-refractivity contribution in [2.75, 3.05) is 0 Å². The molecule has 0 unspecified atom stereocenters. The first-order valence-electron chi connectivity index (χ1n) is 17.1. The number of hydrogen-bond acceptors (Lipinski definition) is 1. The molecule has 3 heterocycles.